The van der Waals surface area contributed by atoms with E-state index in [1.165, 1.54) is 5.57 Å². The van der Waals surface area contributed by atoms with Gasteiger partial charge in [-0.1, -0.05) is 18.6 Å². The SMILES string of the molecule is CC=C(CC)CCl. The Bertz CT molecular complexity index is 58.6. The van der Waals surface area contributed by atoms with E-state index in [-0.39, 0.29) is 0 Å². The van der Waals surface area contributed by atoms with E-state index >= 15 is 0 Å². The summed E-state index contributed by atoms with van der Waals surface area (Å²) in [6, 6.07) is 0. The molecule has 0 spiro atoms. The van der Waals surface area contributed by atoms with Gasteiger partial charge in [-0.2, -0.15) is 0 Å². The normalized spacial score (nSPS) is 12.1. The van der Waals surface area contributed by atoms with Crippen LogP contribution in [0.3, 0.4) is 0 Å². The Kier molecular flexibility index (Phi) is 4.21. The van der Waals surface area contributed by atoms with Crippen LogP contribution in [-0.4, -0.2) is 5.88 Å². The summed E-state index contributed by atoms with van der Waals surface area (Å²) in [5, 5.41) is 0. The zero-order valence-electron chi connectivity index (χ0n) is 4.87. The molecule has 0 N–H and O–H groups in total. The molecule has 0 saturated heterocycles. The number of allylic oxidation sites excluding steroid dienone is 2. The molecule has 0 aliphatic heterocycles. The van der Waals surface area contributed by atoms with Gasteiger partial charge >= 0.3 is 0 Å². The van der Waals surface area contributed by atoms with Crippen LogP contribution in [0.4, 0.5) is 0 Å². The van der Waals surface area contributed by atoms with Gasteiger partial charge in [-0.05, 0) is 13.3 Å². The summed E-state index contributed by atoms with van der Waals surface area (Å²) in [6.45, 7) is 4.12. The lowest BCUT2D eigenvalue weighted by atomic mass is 10.2. The van der Waals surface area contributed by atoms with Crippen LogP contribution < -0.4 is 0 Å². The van der Waals surface area contributed by atoms with Crippen LogP contribution in [0.5, 0.6) is 0 Å². The van der Waals surface area contributed by atoms with E-state index < -0.39 is 0 Å². The number of alkyl halides is 1. The molecule has 0 fully saturated rings. The number of rotatable bonds is 2. The lowest BCUT2D eigenvalue weighted by Gasteiger charge is -1.91. The zero-order chi connectivity index (χ0) is 5.70. The summed E-state index contributed by atoms with van der Waals surface area (Å²) >= 11 is 5.50. The molecule has 0 aliphatic rings. The van der Waals surface area contributed by atoms with Crippen LogP contribution >= 0.6 is 11.6 Å². The second-order valence-corrected chi connectivity index (χ2v) is 1.70. The first-order valence-electron chi connectivity index (χ1n) is 2.55. The van der Waals surface area contributed by atoms with Gasteiger partial charge in [0.15, 0.2) is 0 Å². The fourth-order valence-corrected chi connectivity index (χ4v) is 0.719. The van der Waals surface area contributed by atoms with E-state index in [0.717, 1.165) is 6.42 Å². The highest BCUT2D eigenvalue weighted by molar-refractivity contribution is 6.19. The van der Waals surface area contributed by atoms with Gasteiger partial charge in [0.25, 0.3) is 0 Å². The number of hydrogen-bond donors (Lipinski definition) is 0. The maximum absolute atomic E-state index is 5.50. The fraction of sp³-hybridized carbons (Fsp3) is 0.667. The number of hydrogen-bond acceptors (Lipinski definition) is 0. The van der Waals surface area contributed by atoms with Gasteiger partial charge in [0.05, 0.1) is 0 Å². The molecule has 0 nitrogen and oxygen atoms in total. The molecule has 0 saturated carbocycles. The predicted octanol–water partition coefficient (Wildman–Crippen LogP) is 2.58. The lowest BCUT2D eigenvalue weighted by molar-refractivity contribution is 1.10. The Balaban J connectivity index is 3.38. The van der Waals surface area contributed by atoms with Crippen LogP contribution in [0, 0.1) is 0 Å². The summed E-state index contributed by atoms with van der Waals surface area (Å²) in [4.78, 5) is 0. The van der Waals surface area contributed by atoms with Gasteiger partial charge < -0.3 is 0 Å². The molecule has 0 heterocycles. The second kappa shape index (κ2) is 4.20. The van der Waals surface area contributed by atoms with Crippen LogP contribution in [0.15, 0.2) is 11.6 Å². The van der Waals surface area contributed by atoms with Crippen LogP contribution in [0.2, 0.25) is 0 Å². The van der Waals surface area contributed by atoms with Gasteiger partial charge in [0, 0.05) is 5.88 Å². The Morgan fingerprint density at radius 2 is 2.29 bits per heavy atom. The molecule has 0 rings (SSSR count). The standard InChI is InChI=1S/C6H11Cl/c1-3-6(4-2)5-7/h3H,4-5H2,1-2H3. The molecule has 0 aromatic rings. The van der Waals surface area contributed by atoms with Gasteiger partial charge in [0.1, 0.15) is 0 Å². The molecule has 0 unspecified atom stereocenters. The summed E-state index contributed by atoms with van der Waals surface area (Å²) in [6.07, 6.45) is 3.15. The van der Waals surface area contributed by atoms with Crippen LogP contribution in [0.25, 0.3) is 0 Å². The van der Waals surface area contributed by atoms with Crippen molar-refractivity contribution in [1.82, 2.24) is 0 Å². The molecular formula is C6H11Cl. The summed E-state index contributed by atoms with van der Waals surface area (Å²) in [5.41, 5.74) is 1.32. The molecule has 42 valence electrons. The van der Waals surface area contributed by atoms with Gasteiger partial charge in [-0.3, -0.25) is 0 Å². The highest BCUT2D eigenvalue weighted by Crippen LogP contribution is 2.00. The van der Waals surface area contributed by atoms with E-state index in [4.69, 9.17) is 11.6 Å². The van der Waals surface area contributed by atoms with Crippen molar-refractivity contribution in [3.63, 3.8) is 0 Å². The molecule has 1 heteroatoms. The van der Waals surface area contributed by atoms with E-state index in [1.54, 1.807) is 0 Å². The Labute approximate surface area is 50.2 Å². The highest BCUT2D eigenvalue weighted by Gasteiger charge is 1.83. The first kappa shape index (κ1) is 7.03. The summed E-state index contributed by atoms with van der Waals surface area (Å²) < 4.78 is 0. The molecule has 0 bridgehead atoms. The zero-order valence-corrected chi connectivity index (χ0v) is 5.63. The monoisotopic (exact) mass is 118 g/mol. The minimum absolute atomic E-state index is 0.688. The van der Waals surface area contributed by atoms with Crippen molar-refractivity contribution >= 4 is 11.6 Å². The maximum atomic E-state index is 5.50. The van der Waals surface area contributed by atoms with Gasteiger partial charge in [-0.25, -0.2) is 0 Å². The van der Waals surface area contributed by atoms with Gasteiger partial charge in [-0.15, -0.1) is 11.6 Å². The van der Waals surface area contributed by atoms with Crippen molar-refractivity contribution in [3.8, 4) is 0 Å². The lowest BCUT2D eigenvalue weighted by Crippen LogP contribution is -1.77. The molecule has 0 radical (unpaired) electrons. The van der Waals surface area contributed by atoms with Crippen molar-refractivity contribution in [3.05, 3.63) is 11.6 Å². The molecule has 0 aromatic heterocycles. The quantitative estimate of drug-likeness (QED) is 0.386. The Hall–Kier alpha value is 0.0300. The van der Waals surface area contributed by atoms with E-state index in [0.29, 0.717) is 5.88 Å². The first-order chi connectivity index (χ1) is 3.35. The molecule has 0 atom stereocenters. The third kappa shape index (κ3) is 2.69. The first-order valence-corrected chi connectivity index (χ1v) is 3.08. The van der Waals surface area contributed by atoms with E-state index in [9.17, 15) is 0 Å². The van der Waals surface area contributed by atoms with E-state index in [1.807, 2.05) is 6.92 Å². The minimum atomic E-state index is 0.688. The maximum Gasteiger partial charge on any atom is 0.0433 e. The van der Waals surface area contributed by atoms with Crippen molar-refractivity contribution in [2.24, 2.45) is 0 Å². The van der Waals surface area contributed by atoms with Crippen LogP contribution in [-0.2, 0) is 0 Å². The average Bonchev–Trinajstić information content (AvgIpc) is 1.72. The summed E-state index contributed by atoms with van der Waals surface area (Å²) in [7, 11) is 0. The number of halogens is 1. The molecule has 0 amide bonds. The Morgan fingerprint density at radius 3 is 2.29 bits per heavy atom. The van der Waals surface area contributed by atoms with E-state index in [2.05, 4.69) is 13.0 Å². The third-order valence-electron chi connectivity index (χ3n) is 1.03. The Morgan fingerprint density at radius 1 is 1.71 bits per heavy atom. The fourth-order valence-electron chi connectivity index (χ4n) is 0.376. The van der Waals surface area contributed by atoms with Crippen molar-refractivity contribution < 1.29 is 0 Å². The van der Waals surface area contributed by atoms with Gasteiger partial charge in [0.2, 0.25) is 0 Å². The topological polar surface area (TPSA) is 0 Å². The van der Waals surface area contributed by atoms with Crippen molar-refractivity contribution in [1.29, 1.82) is 0 Å². The summed E-state index contributed by atoms with van der Waals surface area (Å²) in [5.74, 6) is 0.688. The molecular weight excluding hydrogens is 108 g/mol. The third-order valence-corrected chi connectivity index (χ3v) is 1.38. The van der Waals surface area contributed by atoms with Crippen molar-refractivity contribution in [2.45, 2.75) is 20.3 Å². The average molecular weight is 119 g/mol. The van der Waals surface area contributed by atoms with Crippen molar-refractivity contribution in [2.75, 3.05) is 5.88 Å². The molecule has 7 heavy (non-hydrogen) atoms. The smallest absolute Gasteiger partial charge is 0.0433 e. The highest BCUT2D eigenvalue weighted by atomic mass is 35.5. The largest absolute Gasteiger partial charge is 0.122 e. The van der Waals surface area contributed by atoms with Crippen LogP contribution in [0.1, 0.15) is 20.3 Å². The second-order valence-electron chi connectivity index (χ2n) is 1.43. The molecule has 0 aliphatic carbocycles. The minimum Gasteiger partial charge on any atom is -0.122 e. The molecule has 0 aromatic carbocycles. The predicted molar refractivity (Wildman–Crippen MR) is 34.8 cm³/mol.